The van der Waals surface area contributed by atoms with E-state index in [1.165, 1.54) is 0 Å². The summed E-state index contributed by atoms with van der Waals surface area (Å²) in [4.78, 5) is 4.24. The van der Waals surface area contributed by atoms with E-state index in [4.69, 9.17) is 30.5 Å². The Kier molecular flexibility index (Phi) is 10.7. The molecule has 0 heterocycles. The molecule has 2 aromatic rings. The van der Waals surface area contributed by atoms with Crippen molar-refractivity contribution < 1.29 is 18.9 Å². The Balaban J connectivity index is 0.00000420. The van der Waals surface area contributed by atoms with Crippen LogP contribution in [0.15, 0.2) is 41.4 Å². The molecular weight excluding hydrogens is 509 g/mol. The van der Waals surface area contributed by atoms with Gasteiger partial charge in [0.2, 0.25) is 5.75 Å². The molecule has 0 amide bonds. The van der Waals surface area contributed by atoms with Gasteiger partial charge >= 0.3 is 0 Å². The van der Waals surface area contributed by atoms with Gasteiger partial charge < -0.3 is 29.6 Å². The molecular formula is C20H27ClIN3O4. The molecule has 0 spiro atoms. The molecule has 0 aliphatic rings. The number of rotatable bonds is 8. The zero-order valence-corrected chi connectivity index (χ0v) is 20.2. The summed E-state index contributed by atoms with van der Waals surface area (Å²) in [5.41, 5.74) is 0.744. The van der Waals surface area contributed by atoms with Gasteiger partial charge in [-0.25, -0.2) is 0 Å². The highest BCUT2D eigenvalue weighted by Crippen LogP contribution is 2.39. The summed E-state index contributed by atoms with van der Waals surface area (Å²) in [5, 5.41) is 7.11. The van der Waals surface area contributed by atoms with Crippen molar-refractivity contribution >= 4 is 47.2 Å². The van der Waals surface area contributed by atoms with Crippen molar-refractivity contribution in [2.75, 3.05) is 40.2 Å². The van der Waals surface area contributed by atoms with Gasteiger partial charge in [-0.2, -0.15) is 0 Å². The van der Waals surface area contributed by atoms with Crippen LogP contribution in [-0.4, -0.2) is 47.0 Å². The van der Waals surface area contributed by atoms with E-state index in [9.17, 15) is 0 Å². The Hall–Kier alpha value is -2.07. The molecule has 2 aromatic carbocycles. The predicted molar refractivity (Wildman–Crippen MR) is 128 cm³/mol. The number of hydrogen-bond donors (Lipinski definition) is 2. The van der Waals surface area contributed by atoms with Crippen molar-refractivity contribution in [1.29, 1.82) is 0 Å². The number of nitrogens with one attached hydrogen (secondary N) is 2. The van der Waals surface area contributed by atoms with E-state index in [1.54, 1.807) is 40.5 Å². The number of ether oxygens (including phenoxy) is 4. The average Bonchev–Trinajstić information content (AvgIpc) is 2.71. The molecule has 7 nitrogen and oxygen atoms in total. The number of benzene rings is 2. The molecule has 0 bridgehead atoms. The number of halogens is 2. The Morgan fingerprint density at radius 2 is 1.62 bits per heavy atom. The molecule has 9 heteroatoms. The van der Waals surface area contributed by atoms with Gasteiger partial charge in [0.25, 0.3) is 0 Å². The monoisotopic (exact) mass is 535 g/mol. The van der Waals surface area contributed by atoms with Crippen LogP contribution in [0.2, 0.25) is 5.02 Å². The van der Waals surface area contributed by atoms with Crippen LogP contribution in [0, 0.1) is 0 Å². The maximum atomic E-state index is 5.89. The average molecular weight is 536 g/mol. The molecule has 0 aliphatic heterocycles. The third kappa shape index (κ3) is 7.36. The molecule has 0 saturated heterocycles. The van der Waals surface area contributed by atoms with E-state index >= 15 is 0 Å². The van der Waals surface area contributed by atoms with Crippen LogP contribution in [0.1, 0.15) is 6.92 Å². The molecule has 1 atom stereocenters. The lowest BCUT2D eigenvalue weighted by molar-refractivity contribution is 0.224. The predicted octanol–water partition coefficient (Wildman–Crippen LogP) is 4.44. The third-order valence-corrected chi connectivity index (χ3v) is 4.11. The molecule has 2 rings (SSSR count). The minimum atomic E-state index is -0.0836. The molecule has 1 unspecified atom stereocenters. The zero-order valence-electron chi connectivity index (χ0n) is 17.1. The highest BCUT2D eigenvalue weighted by Gasteiger charge is 2.14. The van der Waals surface area contributed by atoms with Crippen LogP contribution in [-0.2, 0) is 0 Å². The van der Waals surface area contributed by atoms with E-state index in [1.807, 2.05) is 31.2 Å². The van der Waals surface area contributed by atoms with Gasteiger partial charge in [-0.15, -0.1) is 24.0 Å². The number of guanidine groups is 1. The lowest BCUT2D eigenvalue weighted by Crippen LogP contribution is -2.37. The van der Waals surface area contributed by atoms with Gasteiger partial charge in [0, 0.05) is 29.9 Å². The summed E-state index contributed by atoms with van der Waals surface area (Å²) >= 11 is 5.89. The van der Waals surface area contributed by atoms with Crippen molar-refractivity contribution in [3.05, 3.63) is 41.4 Å². The van der Waals surface area contributed by atoms with E-state index in [0.717, 1.165) is 11.4 Å². The van der Waals surface area contributed by atoms with Crippen molar-refractivity contribution in [2.45, 2.75) is 13.0 Å². The maximum Gasteiger partial charge on any atom is 0.203 e. The number of hydrogen-bond acceptors (Lipinski definition) is 5. The SMILES string of the molecule is CN=C(NCC(C)Oc1ccc(Cl)cc1)Nc1cc(OC)c(OC)c(OC)c1.I. The van der Waals surface area contributed by atoms with Gasteiger partial charge in [0.15, 0.2) is 17.5 Å². The van der Waals surface area contributed by atoms with Gasteiger partial charge in [0.05, 0.1) is 27.9 Å². The summed E-state index contributed by atoms with van der Waals surface area (Å²) in [6.07, 6.45) is -0.0836. The fourth-order valence-electron chi connectivity index (χ4n) is 2.50. The summed E-state index contributed by atoms with van der Waals surface area (Å²) in [6, 6.07) is 10.9. The number of aliphatic imine (C=N–C) groups is 1. The van der Waals surface area contributed by atoms with Crippen LogP contribution < -0.4 is 29.6 Å². The van der Waals surface area contributed by atoms with E-state index in [0.29, 0.717) is 34.8 Å². The second-order valence-corrected chi connectivity index (χ2v) is 6.31. The zero-order chi connectivity index (χ0) is 20.5. The third-order valence-electron chi connectivity index (χ3n) is 3.86. The van der Waals surface area contributed by atoms with Crippen LogP contribution >= 0.6 is 35.6 Å². The molecule has 0 aliphatic carbocycles. The van der Waals surface area contributed by atoms with Crippen molar-refractivity contribution in [3.8, 4) is 23.0 Å². The quantitative estimate of drug-likeness (QED) is 0.296. The standard InChI is InChI=1S/C20H26ClN3O4.HI/c1-13(28-16-8-6-14(21)7-9-16)12-23-20(22-2)24-15-10-17(25-3)19(27-5)18(11-15)26-4;/h6-11,13H,12H2,1-5H3,(H2,22,23,24);1H. The van der Waals surface area contributed by atoms with Gasteiger partial charge in [-0.3, -0.25) is 4.99 Å². The fraction of sp³-hybridized carbons (Fsp3) is 0.350. The van der Waals surface area contributed by atoms with Gasteiger partial charge in [-0.05, 0) is 31.2 Å². The smallest absolute Gasteiger partial charge is 0.203 e. The van der Waals surface area contributed by atoms with Crippen LogP contribution in [0.3, 0.4) is 0 Å². The summed E-state index contributed by atoms with van der Waals surface area (Å²) in [7, 11) is 6.40. The first-order valence-corrected chi connectivity index (χ1v) is 9.08. The summed E-state index contributed by atoms with van der Waals surface area (Å²) in [6.45, 7) is 2.51. The van der Waals surface area contributed by atoms with Gasteiger partial charge in [-0.1, -0.05) is 11.6 Å². The van der Waals surface area contributed by atoms with Crippen molar-refractivity contribution in [1.82, 2.24) is 5.32 Å². The normalized spacial score (nSPS) is 11.7. The molecule has 29 heavy (non-hydrogen) atoms. The van der Waals surface area contributed by atoms with E-state index < -0.39 is 0 Å². The molecule has 0 saturated carbocycles. The van der Waals surface area contributed by atoms with Gasteiger partial charge in [0.1, 0.15) is 11.9 Å². The van der Waals surface area contributed by atoms with Crippen LogP contribution in [0.5, 0.6) is 23.0 Å². The maximum absolute atomic E-state index is 5.89. The highest BCUT2D eigenvalue weighted by atomic mass is 127. The number of nitrogens with zero attached hydrogens (tertiary/aromatic N) is 1. The molecule has 160 valence electrons. The fourth-order valence-corrected chi connectivity index (χ4v) is 2.62. The van der Waals surface area contributed by atoms with Crippen LogP contribution in [0.4, 0.5) is 5.69 Å². The summed E-state index contributed by atoms with van der Waals surface area (Å²) < 4.78 is 21.9. The van der Waals surface area contributed by atoms with E-state index in [2.05, 4.69) is 15.6 Å². The topological polar surface area (TPSA) is 73.3 Å². The second kappa shape index (κ2) is 12.5. The minimum Gasteiger partial charge on any atom is -0.493 e. The van der Waals surface area contributed by atoms with Crippen molar-refractivity contribution in [3.63, 3.8) is 0 Å². The largest absolute Gasteiger partial charge is 0.493 e. The second-order valence-electron chi connectivity index (χ2n) is 5.87. The molecule has 0 aromatic heterocycles. The molecule has 0 radical (unpaired) electrons. The Morgan fingerprint density at radius 3 is 2.10 bits per heavy atom. The molecule has 2 N–H and O–H groups in total. The first-order chi connectivity index (χ1) is 13.5. The number of anilines is 1. The lowest BCUT2D eigenvalue weighted by atomic mass is 10.2. The van der Waals surface area contributed by atoms with E-state index in [-0.39, 0.29) is 30.1 Å². The first kappa shape index (κ1) is 25.0. The summed E-state index contributed by atoms with van der Waals surface area (Å²) in [5.74, 6) is 2.98. The number of methoxy groups -OCH3 is 3. The highest BCUT2D eigenvalue weighted by molar-refractivity contribution is 14.0. The Labute approximate surface area is 193 Å². The minimum absolute atomic E-state index is 0. The van der Waals surface area contributed by atoms with Crippen LogP contribution in [0.25, 0.3) is 0 Å². The van der Waals surface area contributed by atoms with Crippen molar-refractivity contribution in [2.24, 2.45) is 4.99 Å². The molecule has 0 fully saturated rings. The Morgan fingerprint density at radius 1 is 1.03 bits per heavy atom. The Bertz CT molecular complexity index is 778. The first-order valence-electron chi connectivity index (χ1n) is 8.70. The lowest BCUT2D eigenvalue weighted by Gasteiger charge is -2.19.